The van der Waals surface area contributed by atoms with Crippen LogP contribution in [0.1, 0.15) is 12.0 Å². The lowest BCUT2D eigenvalue weighted by Crippen LogP contribution is -1.92. The average Bonchev–Trinajstić information content (AvgIpc) is 2.89. The highest BCUT2D eigenvalue weighted by atomic mass is 16.3. The molecular formula is C16H15NO2. The molecule has 0 saturated carbocycles. The van der Waals surface area contributed by atoms with E-state index in [0.717, 1.165) is 35.1 Å². The van der Waals surface area contributed by atoms with E-state index in [1.807, 2.05) is 42.5 Å². The summed E-state index contributed by atoms with van der Waals surface area (Å²) in [6.45, 7) is 0.196. The second kappa shape index (κ2) is 5.24. The van der Waals surface area contributed by atoms with Crippen molar-refractivity contribution in [3.05, 3.63) is 54.1 Å². The number of benzene rings is 2. The Morgan fingerprint density at radius 3 is 2.63 bits per heavy atom. The van der Waals surface area contributed by atoms with Crippen LogP contribution < -0.4 is 0 Å². The summed E-state index contributed by atoms with van der Waals surface area (Å²) in [4.78, 5) is 4.52. The average molecular weight is 253 g/mol. The normalized spacial score (nSPS) is 11.0. The van der Waals surface area contributed by atoms with E-state index < -0.39 is 0 Å². The third kappa shape index (κ3) is 2.37. The minimum absolute atomic E-state index is 0.196. The minimum Gasteiger partial charge on any atom is -0.436 e. The van der Waals surface area contributed by atoms with Gasteiger partial charge in [-0.25, -0.2) is 4.98 Å². The standard InChI is InChI=1S/C16H15NO2/c18-11-5-7-12-6-1-2-8-13(12)16-17-14-9-3-4-10-15(14)19-16/h1-4,6,8-10,18H,5,7,11H2. The molecule has 0 aliphatic rings. The first-order valence-corrected chi connectivity index (χ1v) is 6.43. The number of aromatic nitrogens is 1. The first kappa shape index (κ1) is 11.9. The molecule has 3 nitrogen and oxygen atoms in total. The van der Waals surface area contributed by atoms with Crippen LogP contribution in [0.15, 0.2) is 52.9 Å². The van der Waals surface area contributed by atoms with Gasteiger partial charge in [-0.2, -0.15) is 0 Å². The topological polar surface area (TPSA) is 46.3 Å². The Balaban J connectivity index is 2.05. The van der Waals surface area contributed by atoms with Crippen LogP contribution in [0.4, 0.5) is 0 Å². The molecule has 0 saturated heterocycles. The minimum atomic E-state index is 0.196. The second-order valence-corrected chi connectivity index (χ2v) is 4.47. The van der Waals surface area contributed by atoms with Gasteiger partial charge in [0.15, 0.2) is 5.58 Å². The van der Waals surface area contributed by atoms with Crippen molar-refractivity contribution in [1.82, 2.24) is 4.98 Å². The summed E-state index contributed by atoms with van der Waals surface area (Å²) < 4.78 is 5.80. The highest BCUT2D eigenvalue weighted by Gasteiger charge is 2.11. The number of hydrogen-bond donors (Lipinski definition) is 1. The van der Waals surface area contributed by atoms with Crippen molar-refractivity contribution in [2.24, 2.45) is 0 Å². The molecule has 0 aliphatic heterocycles. The molecule has 0 unspecified atom stereocenters. The van der Waals surface area contributed by atoms with E-state index in [9.17, 15) is 0 Å². The Kier molecular flexibility index (Phi) is 3.29. The molecule has 1 heterocycles. The third-order valence-electron chi connectivity index (χ3n) is 3.15. The molecule has 3 heteroatoms. The Bertz CT molecular complexity index is 655. The number of para-hydroxylation sites is 2. The molecule has 1 N–H and O–H groups in total. The summed E-state index contributed by atoms with van der Waals surface area (Å²) in [5.74, 6) is 0.648. The van der Waals surface area contributed by atoms with Gasteiger partial charge in [-0.1, -0.05) is 30.3 Å². The predicted molar refractivity (Wildman–Crippen MR) is 74.9 cm³/mol. The SMILES string of the molecule is OCCCc1ccccc1-c1nc2ccccc2o1. The number of hydrogen-bond acceptors (Lipinski definition) is 3. The lowest BCUT2D eigenvalue weighted by Gasteiger charge is -2.04. The Labute approximate surface area is 111 Å². The maximum atomic E-state index is 8.96. The highest BCUT2D eigenvalue weighted by molar-refractivity contribution is 5.76. The van der Waals surface area contributed by atoms with Crippen molar-refractivity contribution >= 4 is 11.1 Å². The Morgan fingerprint density at radius 1 is 1.00 bits per heavy atom. The molecule has 3 aromatic rings. The summed E-state index contributed by atoms with van der Waals surface area (Å²) in [5.41, 5.74) is 3.83. The first-order valence-electron chi connectivity index (χ1n) is 6.43. The number of rotatable bonds is 4. The predicted octanol–water partition coefficient (Wildman–Crippen LogP) is 3.42. The Morgan fingerprint density at radius 2 is 1.79 bits per heavy atom. The molecule has 1 aromatic heterocycles. The van der Waals surface area contributed by atoms with Crippen molar-refractivity contribution in [1.29, 1.82) is 0 Å². The number of aryl methyl sites for hydroxylation is 1. The van der Waals surface area contributed by atoms with E-state index in [1.165, 1.54) is 0 Å². The number of aliphatic hydroxyl groups is 1. The fourth-order valence-electron chi connectivity index (χ4n) is 2.20. The fourth-order valence-corrected chi connectivity index (χ4v) is 2.20. The highest BCUT2D eigenvalue weighted by Crippen LogP contribution is 2.27. The molecule has 0 fully saturated rings. The van der Waals surface area contributed by atoms with E-state index >= 15 is 0 Å². The van der Waals surface area contributed by atoms with Crippen LogP contribution in [0.2, 0.25) is 0 Å². The molecule has 2 aromatic carbocycles. The van der Waals surface area contributed by atoms with E-state index in [1.54, 1.807) is 0 Å². The quantitative estimate of drug-likeness (QED) is 0.775. The van der Waals surface area contributed by atoms with Crippen molar-refractivity contribution in [3.8, 4) is 11.5 Å². The van der Waals surface area contributed by atoms with Crippen LogP contribution in [0.3, 0.4) is 0 Å². The van der Waals surface area contributed by atoms with E-state index in [-0.39, 0.29) is 6.61 Å². The number of aliphatic hydroxyl groups excluding tert-OH is 1. The van der Waals surface area contributed by atoms with Gasteiger partial charge in [0.05, 0.1) is 0 Å². The Hall–Kier alpha value is -2.13. The van der Waals surface area contributed by atoms with Crippen molar-refractivity contribution in [2.75, 3.05) is 6.61 Å². The zero-order valence-electron chi connectivity index (χ0n) is 10.5. The second-order valence-electron chi connectivity index (χ2n) is 4.47. The summed E-state index contributed by atoms with van der Waals surface area (Å²) >= 11 is 0. The van der Waals surface area contributed by atoms with Gasteiger partial charge < -0.3 is 9.52 Å². The van der Waals surface area contributed by atoms with Gasteiger partial charge in [0.1, 0.15) is 5.52 Å². The zero-order chi connectivity index (χ0) is 13.1. The first-order chi connectivity index (χ1) is 9.38. The monoisotopic (exact) mass is 253 g/mol. The fraction of sp³-hybridized carbons (Fsp3) is 0.188. The van der Waals surface area contributed by atoms with Gasteiger partial charge in [-0.05, 0) is 36.6 Å². The van der Waals surface area contributed by atoms with Crippen LogP contribution in [0.5, 0.6) is 0 Å². The van der Waals surface area contributed by atoms with Gasteiger partial charge in [0.2, 0.25) is 5.89 Å². The number of nitrogens with zero attached hydrogens (tertiary/aromatic N) is 1. The van der Waals surface area contributed by atoms with E-state index in [2.05, 4.69) is 11.1 Å². The van der Waals surface area contributed by atoms with E-state index in [4.69, 9.17) is 9.52 Å². The number of fused-ring (bicyclic) bond motifs is 1. The van der Waals surface area contributed by atoms with Crippen LogP contribution in [0, 0.1) is 0 Å². The van der Waals surface area contributed by atoms with Crippen molar-refractivity contribution < 1.29 is 9.52 Å². The molecule has 3 rings (SSSR count). The zero-order valence-corrected chi connectivity index (χ0v) is 10.5. The van der Waals surface area contributed by atoms with Crippen LogP contribution in [0.25, 0.3) is 22.6 Å². The molecule has 0 aliphatic carbocycles. The summed E-state index contributed by atoms with van der Waals surface area (Å²) in [5, 5.41) is 8.96. The molecule has 19 heavy (non-hydrogen) atoms. The molecule has 96 valence electrons. The molecule has 0 amide bonds. The lowest BCUT2D eigenvalue weighted by atomic mass is 10.0. The molecule has 0 bridgehead atoms. The molecular weight excluding hydrogens is 238 g/mol. The van der Waals surface area contributed by atoms with Gasteiger partial charge in [0, 0.05) is 12.2 Å². The molecule has 0 radical (unpaired) electrons. The van der Waals surface area contributed by atoms with Crippen molar-refractivity contribution in [2.45, 2.75) is 12.8 Å². The molecule has 0 atom stereocenters. The summed E-state index contributed by atoms with van der Waals surface area (Å²) in [6, 6.07) is 15.8. The maximum Gasteiger partial charge on any atom is 0.227 e. The maximum absolute atomic E-state index is 8.96. The number of oxazole rings is 1. The van der Waals surface area contributed by atoms with Gasteiger partial charge in [-0.3, -0.25) is 0 Å². The van der Waals surface area contributed by atoms with Gasteiger partial charge in [-0.15, -0.1) is 0 Å². The van der Waals surface area contributed by atoms with E-state index in [0.29, 0.717) is 5.89 Å². The lowest BCUT2D eigenvalue weighted by molar-refractivity contribution is 0.288. The molecule has 0 spiro atoms. The summed E-state index contributed by atoms with van der Waals surface area (Å²) in [7, 11) is 0. The van der Waals surface area contributed by atoms with Crippen molar-refractivity contribution in [3.63, 3.8) is 0 Å². The smallest absolute Gasteiger partial charge is 0.227 e. The van der Waals surface area contributed by atoms with Gasteiger partial charge >= 0.3 is 0 Å². The van der Waals surface area contributed by atoms with Crippen LogP contribution >= 0.6 is 0 Å². The van der Waals surface area contributed by atoms with Gasteiger partial charge in [0.25, 0.3) is 0 Å². The third-order valence-corrected chi connectivity index (χ3v) is 3.15. The summed E-state index contributed by atoms with van der Waals surface area (Å²) in [6.07, 6.45) is 1.57. The largest absolute Gasteiger partial charge is 0.436 e. The van der Waals surface area contributed by atoms with Crippen LogP contribution in [-0.4, -0.2) is 16.7 Å². The van der Waals surface area contributed by atoms with Crippen LogP contribution in [-0.2, 0) is 6.42 Å².